The lowest BCUT2D eigenvalue weighted by Gasteiger charge is -2.35. The first kappa shape index (κ1) is 19.0. The van der Waals surface area contributed by atoms with Gasteiger partial charge >= 0.3 is 12.3 Å². The molecular formula is C17H20F3NO4. The summed E-state index contributed by atoms with van der Waals surface area (Å²) in [4.78, 5) is 12.0. The number of amides is 1. The van der Waals surface area contributed by atoms with Crippen molar-refractivity contribution in [1.82, 2.24) is 5.32 Å². The third kappa shape index (κ3) is 4.18. The molecule has 1 aliphatic rings. The Balaban J connectivity index is 2.46. The van der Waals surface area contributed by atoms with Crippen molar-refractivity contribution in [2.24, 2.45) is 0 Å². The molecule has 0 aliphatic carbocycles. The van der Waals surface area contributed by atoms with E-state index in [1.54, 1.807) is 34.6 Å². The van der Waals surface area contributed by atoms with Crippen molar-refractivity contribution in [3.63, 3.8) is 0 Å². The van der Waals surface area contributed by atoms with Gasteiger partial charge in [0, 0.05) is 0 Å². The van der Waals surface area contributed by atoms with Gasteiger partial charge in [-0.25, -0.2) is 4.79 Å². The largest absolute Gasteiger partial charge is 0.505 e. The van der Waals surface area contributed by atoms with E-state index in [2.05, 4.69) is 5.32 Å². The molecule has 2 rings (SSSR count). The van der Waals surface area contributed by atoms with Gasteiger partial charge < -0.3 is 14.6 Å². The molecule has 25 heavy (non-hydrogen) atoms. The second kappa shape index (κ2) is 5.86. The molecule has 1 amide bonds. The van der Waals surface area contributed by atoms with Crippen molar-refractivity contribution in [2.45, 2.75) is 52.0 Å². The van der Waals surface area contributed by atoms with Gasteiger partial charge in [-0.05, 0) is 52.8 Å². The molecule has 138 valence electrons. The maximum atomic E-state index is 12.9. The van der Waals surface area contributed by atoms with E-state index in [1.165, 1.54) is 0 Å². The number of benzene rings is 1. The number of fused-ring (bicyclic) bond motifs is 1. The molecule has 0 saturated carbocycles. The summed E-state index contributed by atoms with van der Waals surface area (Å²) < 4.78 is 49.5. The topological polar surface area (TPSA) is 67.8 Å². The van der Waals surface area contributed by atoms with Crippen LogP contribution in [0.25, 0.3) is 5.76 Å². The minimum absolute atomic E-state index is 0.0754. The minimum atomic E-state index is -4.57. The van der Waals surface area contributed by atoms with E-state index in [1.807, 2.05) is 0 Å². The normalized spacial score (nSPS) is 16.8. The number of carbonyl (C=O) groups is 1. The molecule has 0 bridgehead atoms. The quantitative estimate of drug-likeness (QED) is 0.767. The third-order valence-electron chi connectivity index (χ3n) is 3.39. The lowest BCUT2D eigenvalue weighted by molar-refractivity contribution is -0.137. The predicted octanol–water partition coefficient (Wildman–Crippen LogP) is 4.63. The Morgan fingerprint density at radius 3 is 2.36 bits per heavy atom. The van der Waals surface area contributed by atoms with Crippen LogP contribution in [-0.4, -0.2) is 22.4 Å². The number of rotatable bonds is 1. The van der Waals surface area contributed by atoms with Gasteiger partial charge in [0.25, 0.3) is 0 Å². The fraction of sp³-hybridized carbons (Fsp3) is 0.471. The van der Waals surface area contributed by atoms with Gasteiger partial charge in [-0.15, -0.1) is 0 Å². The summed E-state index contributed by atoms with van der Waals surface area (Å²) in [5.74, 6) is -0.409. The van der Waals surface area contributed by atoms with Gasteiger partial charge in [-0.3, -0.25) is 5.32 Å². The molecule has 0 radical (unpaired) electrons. The predicted molar refractivity (Wildman–Crippen MR) is 85.1 cm³/mol. The van der Waals surface area contributed by atoms with Crippen LogP contribution in [0.2, 0.25) is 0 Å². The van der Waals surface area contributed by atoms with Crippen LogP contribution in [0.15, 0.2) is 23.9 Å². The number of alkyl carbamates (subject to hydrolysis) is 1. The fourth-order valence-corrected chi connectivity index (χ4v) is 2.34. The van der Waals surface area contributed by atoms with Gasteiger partial charge in [-0.1, -0.05) is 0 Å². The summed E-state index contributed by atoms with van der Waals surface area (Å²) >= 11 is 0. The van der Waals surface area contributed by atoms with Gasteiger partial charge in [0.2, 0.25) is 0 Å². The van der Waals surface area contributed by atoms with Crippen molar-refractivity contribution >= 4 is 11.9 Å². The van der Waals surface area contributed by atoms with Crippen molar-refractivity contribution in [3.05, 3.63) is 35.0 Å². The molecule has 1 aromatic carbocycles. The fourth-order valence-electron chi connectivity index (χ4n) is 2.34. The van der Waals surface area contributed by atoms with E-state index in [0.717, 1.165) is 18.2 Å². The van der Waals surface area contributed by atoms with E-state index >= 15 is 0 Å². The number of hydrogen-bond acceptors (Lipinski definition) is 4. The Labute approximate surface area is 143 Å². The number of halogens is 3. The van der Waals surface area contributed by atoms with Crippen molar-refractivity contribution in [1.29, 1.82) is 0 Å². The molecule has 0 spiro atoms. The third-order valence-corrected chi connectivity index (χ3v) is 3.39. The molecule has 1 aromatic rings. The zero-order valence-corrected chi connectivity index (χ0v) is 14.5. The summed E-state index contributed by atoms with van der Waals surface area (Å²) in [5, 5.41) is 12.8. The second-order valence-electron chi connectivity index (χ2n) is 7.17. The Morgan fingerprint density at radius 2 is 1.84 bits per heavy atom. The number of aliphatic hydroxyl groups excluding tert-OH is 1. The highest BCUT2D eigenvalue weighted by Crippen LogP contribution is 2.41. The van der Waals surface area contributed by atoms with Crippen LogP contribution < -0.4 is 10.1 Å². The number of carbonyl (C=O) groups excluding carboxylic acids is 1. The monoisotopic (exact) mass is 359 g/mol. The van der Waals surface area contributed by atoms with Gasteiger partial charge in [0.1, 0.15) is 28.4 Å². The Morgan fingerprint density at radius 1 is 1.24 bits per heavy atom. The Kier molecular flexibility index (Phi) is 4.44. The first-order valence-corrected chi connectivity index (χ1v) is 7.55. The van der Waals surface area contributed by atoms with Crippen LogP contribution in [0.3, 0.4) is 0 Å². The maximum absolute atomic E-state index is 12.9. The van der Waals surface area contributed by atoms with Crippen LogP contribution in [0.4, 0.5) is 18.0 Å². The highest BCUT2D eigenvalue weighted by atomic mass is 19.4. The summed E-state index contributed by atoms with van der Waals surface area (Å²) in [5.41, 5.74) is -3.11. The Bertz CT molecular complexity index is 730. The Hall–Kier alpha value is -2.38. The van der Waals surface area contributed by atoms with Crippen molar-refractivity contribution in [2.75, 3.05) is 0 Å². The summed E-state index contributed by atoms with van der Waals surface area (Å²) in [6.45, 7) is 8.11. The number of nitrogens with one attached hydrogen (secondary N) is 1. The number of ether oxygens (including phenoxy) is 2. The van der Waals surface area contributed by atoms with E-state index in [-0.39, 0.29) is 17.0 Å². The van der Waals surface area contributed by atoms with Crippen LogP contribution in [0.1, 0.15) is 45.7 Å². The SMILES string of the molecule is CC(C)(C)OC(=O)NC1=C(O)c2cc(C(F)(F)F)ccc2OC1(C)C. The van der Waals surface area contributed by atoms with Crippen LogP contribution in [0.5, 0.6) is 5.75 Å². The summed E-state index contributed by atoms with van der Waals surface area (Å²) in [7, 11) is 0. The number of alkyl halides is 3. The smallest absolute Gasteiger partial charge is 0.416 e. The molecule has 5 nitrogen and oxygen atoms in total. The van der Waals surface area contributed by atoms with Crippen molar-refractivity contribution < 1.29 is 32.5 Å². The average Bonchev–Trinajstić information content (AvgIpc) is 2.39. The molecule has 2 N–H and O–H groups in total. The first-order chi connectivity index (χ1) is 11.2. The second-order valence-corrected chi connectivity index (χ2v) is 7.17. The van der Waals surface area contributed by atoms with E-state index in [4.69, 9.17) is 9.47 Å². The summed E-state index contributed by atoms with van der Waals surface area (Å²) in [6.07, 6.45) is -5.41. The maximum Gasteiger partial charge on any atom is 0.416 e. The lowest BCUT2D eigenvalue weighted by Crippen LogP contribution is -2.44. The molecule has 1 aliphatic heterocycles. The molecule has 1 heterocycles. The first-order valence-electron chi connectivity index (χ1n) is 7.55. The zero-order chi connectivity index (χ0) is 19.2. The molecule has 0 saturated heterocycles. The van der Waals surface area contributed by atoms with Crippen LogP contribution in [-0.2, 0) is 10.9 Å². The van der Waals surface area contributed by atoms with Crippen molar-refractivity contribution in [3.8, 4) is 5.75 Å². The van der Waals surface area contributed by atoms with Crippen LogP contribution >= 0.6 is 0 Å². The molecule has 0 aromatic heterocycles. The molecule has 0 fully saturated rings. The summed E-state index contributed by atoms with van der Waals surface area (Å²) in [6, 6.07) is 2.78. The van der Waals surface area contributed by atoms with E-state index < -0.39 is 34.8 Å². The minimum Gasteiger partial charge on any atom is -0.505 e. The highest BCUT2D eigenvalue weighted by Gasteiger charge is 2.39. The standard InChI is InChI=1S/C17H20F3NO4/c1-15(2,3)25-14(23)21-13-12(22)10-8-9(17(18,19)20)6-7-11(10)24-16(13,4)5/h6-8,22H,1-5H3,(H,21,23). The molecular weight excluding hydrogens is 339 g/mol. The number of hydrogen-bond donors (Lipinski definition) is 2. The van der Waals surface area contributed by atoms with E-state index in [0.29, 0.717) is 0 Å². The van der Waals surface area contributed by atoms with Crippen LogP contribution in [0, 0.1) is 0 Å². The average molecular weight is 359 g/mol. The molecule has 0 unspecified atom stereocenters. The van der Waals surface area contributed by atoms with E-state index in [9.17, 15) is 23.1 Å². The zero-order valence-electron chi connectivity index (χ0n) is 14.5. The highest BCUT2D eigenvalue weighted by molar-refractivity contribution is 5.78. The van der Waals surface area contributed by atoms with Gasteiger partial charge in [-0.2, -0.15) is 13.2 Å². The number of aliphatic hydroxyl groups is 1. The lowest BCUT2D eigenvalue weighted by atomic mass is 9.95. The molecule has 0 atom stereocenters. The van der Waals surface area contributed by atoms with Gasteiger partial charge in [0.15, 0.2) is 0 Å². The molecule has 8 heteroatoms. The van der Waals surface area contributed by atoms with Gasteiger partial charge in [0.05, 0.1) is 11.1 Å².